The topological polar surface area (TPSA) is 33.3 Å². The maximum absolute atomic E-state index is 9.58. The Hall–Kier alpha value is -1.77. The van der Waals surface area contributed by atoms with Crippen molar-refractivity contribution in [2.24, 2.45) is 0 Å². The van der Waals surface area contributed by atoms with Crippen molar-refractivity contribution in [1.82, 2.24) is 0 Å². The minimum absolute atomic E-state index is 0.222. The molecule has 0 aliphatic heterocycles. The van der Waals surface area contributed by atoms with Crippen LogP contribution in [0.15, 0.2) is 36.5 Å². The van der Waals surface area contributed by atoms with Gasteiger partial charge >= 0.3 is 5.52 Å². The van der Waals surface area contributed by atoms with E-state index in [0.717, 1.165) is 5.39 Å². The number of phenols is 1. The second-order valence-corrected chi connectivity index (χ2v) is 2.73. The lowest BCUT2D eigenvalue weighted by molar-refractivity contribution is -0.865. The first-order chi connectivity index (χ1) is 6.33. The molecule has 0 saturated heterocycles. The molecule has 3 heteroatoms. The Morgan fingerprint density at radius 1 is 1.23 bits per heavy atom. The summed E-state index contributed by atoms with van der Waals surface area (Å²) in [6, 6.07) is 9.15. The molecule has 3 nitrogen and oxygen atoms in total. The van der Waals surface area contributed by atoms with Crippen molar-refractivity contribution in [1.29, 1.82) is 0 Å². The van der Waals surface area contributed by atoms with Crippen LogP contribution < -0.4 is 9.57 Å². The van der Waals surface area contributed by atoms with Crippen LogP contribution in [0.2, 0.25) is 0 Å². The molecule has 2 aromatic rings. The number of hydrogen-bond donors (Lipinski definition) is 1. The molecule has 0 aliphatic rings. The summed E-state index contributed by atoms with van der Waals surface area (Å²) in [5.74, 6) is 0.222. The van der Waals surface area contributed by atoms with E-state index in [1.807, 2.05) is 18.2 Å². The molecule has 2 rings (SSSR count). The summed E-state index contributed by atoms with van der Waals surface area (Å²) in [5.41, 5.74) is 0.688. The van der Waals surface area contributed by atoms with Gasteiger partial charge in [-0.1, -0.05) is 6.07 Å². The third-order valence-electron chi connectivity index (χ3n) is 1.96. The number of phenolic OH excluding ortho intramolecular Hbond substituents is 1. The van der Waals surface area contributed by atoms with Crippen LogP contribution in [0.5, 0.6) is 5.75 Å². The summed E-state index contributed by atoms with van der Waals surface area (Å²) < 4.78 is 1.53. The minimum Gasteiger partial charge on any atom is -0.502 e. The van der Waals surface area contributed by atoms with Gasteiger partial charge in [0.15, 0.2) is 5.75 Å². The van der Waals surface area contributed by atoms with Crippen LogP contribution in [0.4, 0.5) is 0 Å². The molecule has 1 aromatic heterocycles. The number of pyridine rings is 1. The molecular weight excluding hydrogens is 166 g/mol. The number of nitrogens with zero attached hydrogens (tertiary/aromatic N) is 1. The monoisotopic (exact) mass is 176 g/mol. The zero-order chi connectivity index (χ0) is 9.26. The average molecular weight is 176 g/mol. The number of hydrogen-bond acceptors (Lipinski definition) is 2. The maximum Gasteiger partial charge on any atom is 0.305 e. The van der Waals surface area contributed by atoms with Gasteiger partial charge in [-0.2, -0.15) is 0 Å². The Bertz CT molecular complexity index is 435. The van der Waals surface area contributed by atoms with E-state index in [1.165, 1.54) is 4.73 Å². The summed E-state index contributed by atoms with van der Waals surface area (Å²) in [6.07, 6.45) is 1.75. The van der Waals surface area contributed by atoms with Crippen molar-refractivity contribution >= 4 is 10.9 Å². The van der Waals surface area contributed by atoms with E-state index in [-0.39, 0.29) is 5.75 Å². The molecule has 1 N–H and O–H groups in total. The molecule has 1 aromatic carbocycles. The Morgan fingerprint density at radius 2 is 2.00 bits per heavy atom. The van der Waals surface area contributed by atoms with Gasteiger partial charge in [0.05, 0.1) is 5.39 Å². The van der Waals surface area contributed by atoms with Gasteiger partial charge < -0.3 is 5.11 Å². The highest BCUT2D eigenvalue weighted by Crippen LogP contribution is 2.19. The van der Waals surface area contributed by atoms with E-state index in [9.17, 15) is 5.11 Å². The van der Waals surface area contributed by atoms with E-state index >= 15 is 0 Å². The van der Waals surface area contributed by atoms with E-state index in [4.69, 9.17) is 4.84 Å². The number of rotatable bonds is 1. The molecule has 0 spiro atoms. The van der Waals surface area contributed by atoms with Gasteiger partial charge in [-0.3, -0.25) is 4.84 Å². The first-order valence-corrected chi connectivity index (χ1v) is 4.00. The fraction of sp³-hybridized carbons (Fsp3) is 0.100. The highest BCUT2D eigenvalue weighted by Gasteiger charge is 2.12. The molecule has 0 amide bonds. The Morgan fingerprint density at radius 3 is 2.77 bits per heavy atom. The number of para-hydroxylation sites is 1. The molecule has 0 unspecified atom stereocenters. The first-order valence-electron chi connectivity index (χ1n) is 4.00. The number of benzene rings is 1. The molecule has 0 atom stereocenters. The summed E-state index contributed by atoms with van der Waals surface area (Å²) in [4.78, 5) is 5.06. The fourth-order valence-electron chi connectivity index (χ4n) is 1.37. The zero-order valence-electron chi connectivity index (χ0n) is 7.27. The van der Waals surface area contributed by atoms with Gasteiger partial charge in [0, 0.05) is 10.8 Å². The van der Waals surface area contributed by atoms with Crippen LogP contribution in [0.25, 0.3) is 10.9 Å². The van der Waals surface area contributed by atoms with E-state index in [0.29, 0.717) is 5.52 Å². The van der Waals surface area contributed by atoms with E-state index in [1.54, 1.807) is 25.4 Å². The standard InChI is InChI=1S/C10H9NO2/c1-13-11-7-3-5-8-4-2-6-9(12)10(8)11/h2-7H,1H3/p+1. The summed E-state index contributed by atoms with van der Waals surface area (Å²) >= 11 is 0. The normalized spacial score (nSPS) is 10.2. The van der Waals surface area contributed by atoms with Gasteiger partial charge in [0.1, 0.15) is 7.11 Å². The smallest absolute Gasteiger partial charge is 0.305 e. The predicted molar refractivity (Wildman–Crippen MR) is 48.3 cm³/mol. The molecule has 13 heavy (non-hydrogen) atoms. The number of aromatic hydroxyl groups is 1. The van der Waals surface area contributed by atoms with Crippen LogP contribution in [0, 0.1) is 0 Å². The van der Waals surface area contributed by atoms with Crippen LogP contribution in [0.3, 0.4) is 0 Å². The second-order valence-electron chi connectivity index (χ2n) is 2.73. The van der Waals surface area contributed by atoms with Gasteiger partial charge in [0.25, 0.3) is 0 Å². The van der Waals surface area contributed by atoms with Crippen molar-refractivity contribution in [3.63, 3.8) is 0 Å². The molecule has 0 saturated carbocycles. The van der Waals surface area contributed by atoms with Gasteiger partial charge in [0.2, 0.25) is 6.20 Å². The highest BCUT2D eigenvalue weighted by molar-refractivity contribution is 5.80. The predicted octanol–water partition coefficient (Wildman–Crippen LogP) is 0.891. The lowest BCUT2D eigenvalue weighted by atomic mass is 10.2. The Kier molecular flexibility index (Phi) is 1.77. The van der Waals surface area contributed by atoms with Crippen molar-refractivity contribution < 1.29 is 14.7 Å². The Labute approximate surface area is 75.8 Å². The third-order valence-corrected chi connectivity index (χ3v) is 1.96. The lowest BCUT2D eigenvalue weighted by Gasteiger charge is -1.97. The average Bonchev–Trinajstić information content (AvgIpc) is 2.17. The minimum atomic E-state index is 0.222. The molecule has 66 valence electrons. The molecule has 0 bridgehead atoms. The van der Waals surface area contributed by atoms with E-state index in [2.05, 4.69) is 0 Å². The highest BCUT2D eigenvalue weighted by atomic mass is 16.6. The molecule has 0 radical (unpaired) electrons. The summed E-state index contributed by atoms with van der Waals surface area (Å²) in [5, 5.41) is 10.5. The van der Waals surface area contributed by atoms with Crippen molar-refractivity contribution in [3.05, 3.63) is 36.5 Å². The quantitative estimate of drug-likeness (QED) is 0.655. The maximum atomic E-state index is 9.58. The van der Waals surface area contributed by atoms with Crippen LogP contribution >= 0.6 is 0 Å². The molecule has 0 aliphatic carbocycles. The van der Waals surface area contributed by atoms with Crippen LogP contribution in [-0.4, -0.2) is 12.2 Å². The summed E-state index contributed by atoms with van der Waals surface area (Å²) in [7, 11) is 1.56. The van der Waals surface area contributed by atoms with Crippen LogP contribution in [0.1, 0.15) is 0 Å². The number of fused-ring (bicyclic) bond motifs is 1. The van der Waals surface area contributed by atoms with Gasteiger partial charge in [-0.25, -0.2) is 0 Å². The fourth-order valence-corrected chi connectivity index (χ4v) is 1.37. The Balaban J connectivity index is 2.87. The van der Waals surface area contributed by atoms with Crippen molar-refractivity contribution in [2.75, 3.05) is 7.11 Å². The SMILES string of the molecule is CO[n+]1cccc2cccc(O)c21. The van der Waals surface area contributed by atoms with Crippen molar-refractivity contribution in [2.45, 2.75) is 0 Å². The molecule has 0 fully saturated rings. The third kappa shape index (κ3) is 1.18. The van der Waals surface area contributed by atoms with E-state index < -0.39 is 0 Å². The first kappa shape index (κ1) is 7.86. The largest absolute Gasteiger partial charge is 0.502 e. The van der Waals surface area contributed by atoms with Gasteiger partial charge in [-0.15, -0.1) is 0 Å². The molecular formula is C10H10NO2+. The second kappa shape index (κ2) is 2.94. The van der Waals surface area contributed by atoms with Crippen molar-refractivity contribution in [3.8, 4) is 5.75 Å². The number of aromatic nitrogens is 1. The zero-order valence-corrected chi connectivity index (χ0v) is 7.27. The lowest BCUT2D eigenvalue weighted by Crippen LogP contribution is -2.40. The van der Waals surface area contributed by atoms with Crippen LogP contribution in [-0.2, 0) is 0 Å². The molecule has 1 heterocycles. The van der Waals surface area contributed by atoms with Gasteiger partial charge in [-0.05, 0) is 18.2 Å². The summed E-state index contributed by atoms with van der Waals surface area (Å²) in [6.45, 7) is 0.